The second kappa shape index (κ2) is 6.17. The summed E-state index contributed by atoms with van der Waals surface area (Å²) in [6, 6.07) is 8.26. The smallest absolute Gasteiger partial charge is 0.322 e. The van der Waals surface area contributed by atoms with Crippen LogP contribution in [0.25, 0.3) is 11.3 Å². The number of amides is 4. The zero-order valence-corrected chi connectivity index (χ0v) is 13.1. The number of anilines is 1. The lowest BCUT2D eigenvalue weighted by atomic mass is 10.1. The van der Waals surface area contributed by atoms with Crippen molar-refractivity contribution in [2.45, 2.75) is 19.4 Å². The number of benzene rings is 1. The SMILES string of the molecule is Cc1sc(NC(=O)CC2NC(=O)NC2=O)nc1-c1ccccc1. The highest BCUT2D eigenvalue weighted by Crippen LogP contribution is 2.30. The third-order valence-electron chi connectivity index (χ3n) is 3.34. The first-order valence-electron chi connectivity index (χ1n) is 6.97. The van der Waals surface area contributed by atoms with E-state index in [0.29, 0.717) is 5.13 Å². The molecule has 7 nitrogen and oxygen atoms in total. The zero-order chi connectivity index (χ0) is 16.4. The van der Waals surface area contributed by atoms with Gasteiger partial charge in [-0.05, 0) is 6.92 Å². The fraction of sp³-hybridized carbons (Fsp3) is 0.200. The number of hydrogen-bond acceptors (Lipinski definition) is 5. The molecule has 2 heterocycles. The Kier molecular flexibility index (Phi) is 4.07. The van der Waals surface area contributed by atoms with E-state index in [4.69, 9.17) is 0 Å². The summed E-state index contributed by atoms with van der Waals surface area (Å²) in [5.41, 5.74) is 1.79. The van der Waals surface area contributed by atoms with Crippen LogP contribution in [0.2, 0.25) is 0 Å². The Morgan fingerprint density at radius 2 is 2.04 bits per heavy atom. The van der Waals surface area contributed by atoms with Crippen molar-refractivity contribution < 1.29 is 14.4 Å². The predicted octanol–water partition coefficient (Wildman–Crippen LogP) is 1.66. The van der Waals surface area contributed by atoms with E-state index in [9.17, 15) is 14.4 Å². The molecule has 0 aliphatic carbocycles. The first-order valence-corrected chi connectivity index (χ1v) is 7.78. The lowest BCUT2D eigenvalue weighted by Crippen LogP contribution is -2.33. The molecule has 0 bridgehead atoms. The van der Waals surface area contributed by atoms with E-state index in [-0.39, 0.29) is 12.3 Å². The van der Waals surface area contributed by atoms with Gasteiger partial charge in [0.1, 0.15) is 6.04 Å². The van der Waals surface area contributed by atoms with Crippen molar-refractivity contribution in [2.24, 2.45) is 0 Å². The number of nitrogens with one attached hydrogen (secondary N) is 3. The van der Waals surface area contributed by atoms with Crippen LogP contribution in [0, 0.1) is 6.92 Å². The fourth-order valence-corrected chi connectivity index (χ4v) is 3.12. The van der Waals surface area contributed by atoms with Crippen LogP contribution in [0.5, 0.6) is 0 Å². The minimum absolute atomic E-state index is 0.128. The number of aromatic nitrogens is 1. The normalized spacial score (nSPS) is 16.8. The summed E-state index contributed by atoms with van der Waals surface area (Å²) >= 11 is 1.37. The molecule has 3 rings (SSSR count). The van der Waals surface area contributed by atoms with Crippen molar-refractivity contribution in [3.8, 4) is 11.3 Å². The lowest BCUT2D eigenvalue weighted by Gasteiger charge is -2.06. The highest BCUT2D eigenvalue weighted by atomic mass is 32.1. The molecule has 1 atom stereocenters. The van der Waals surface area contributed by atoms with Crippen molar-refractivity contribution in [3.63, 3.8) is 0 Å². The van der Waals surface area contributed by atoms with Gasteiger partial charge in [0.15, 0.2) is 5.13 Å². The van der Waals surface area contributed by atoms with Gasteiger partial charge in [0.25, 0.3) is 5.91 Å². The van der Waals surface area contributed by atoms with E-state index in [1.807, 2.05) is 37.3 Å². The zero-order valence-electron chi connectivity index (χ0n) is 12.3. The second-order valence-corrected chi connectivity index (χ2v) is 6.26. The number of carbonyl (C=O) groups excluding carboxylic acids is 3. The summed E-state index contributed by atoms with van der Waals surface area (Å²) in [5.74, 6) is -0.869. The van der Waals surface area contributed by atoms with Gasteiger partial charge in [-0.15, -0.1) is 11.3 Å². The third kappa shape index (κ3) is 3.37. The van der Waals surface area contributed by atoms with Gasteiger partial charge in [-0.3, -0.25) is 14.9 Å². The van der Waals surface area contributed by atoms with Gasteiger partial charge >= 0.3 is 6.03 Å². The molecule has 1 aromatic heterocycles. The minimum atomic E-state index is -0.836. The molecule has 23 heavy (non-hydrogen) atoms. The van der Waals surface area contributed by atoms with Gasteiger partial charge in [0.05, 0.1) is 12.1 Å². The van der Waals surface area contributed by atoms with Crippen LogP contribution >= 0.6 is 11.3 Å². The van der Waals surface area contributed by atoms with Crippen LogP contribution in [0.4, 0.5) is 9.93 Å². The summed E-state index contributed by atoms with van der Waals surface area (Å²) < 4.78 is 0. The van der Waals surface area contributed by atoms with Crippen molar-refractivity contribution >= 4 is 34.3 Å². The average Bonchev–Trinajstić information content (AvgIpc) is 3.02. The quantitative estimate of drug-likeness (QED) is 0.742. The first kappa shape index (κ1) is 15.2. The molecule has 1 aromatic carbocycles. The van der Waals surface area contributed by atoms with Crippen molar-refractivity contribution in [3.05, 3.63) is 35.2 Å². The van der Waals surface area contributed by atoms with Gasteiger partial charge in [-0.2, -0.15) is 0 Å². The van der Waals surface area contributed by atoms with E-state index < -0.39 is 18.0 Å². The Morgan fingerprint density at radius 3 is 2.70 bits per heavy atom. The van der Waals surface area contributed by atoms with Crippen molar-refractivity contribution in [1.82, 2.24) is 15.6 Å². The molecule has 0 spiro atoms. The van der Waals surface area contributed by atoms with Gasteiger partial charge in [0, 0.05) is 10.4 Å². The van der Waals surface area contributed by atoms with Gasteiger partial charge in [-0.1, -0.05) is 30.3 Å². The van der Waals surface area contributed by atoms with Gasteiger partial charge < -0.3 is 10.6 Å². The molecule has 2 aromatic rings. The number of imide groups is 1. The van der Waals surface area contributed by atoms with E-state index in [1.54, 1.807) is 0 Å². The summed E-state index contributed by atoms with van der Waals surface area (Å²) in [4.78, 5) is 39.9. The van der Waals surface area contributed by atoms with Crippen LogP contribution in [-0.2, 0) is 9.59 Å². The van der Waals surface area contributed by atoms with Crippen LogP contribution in [0.1, 0.15) is 11.3 Å². The number of thiazole rings is 1. The van der Waals surface area contributed by atoms with E-state index in [1.165, 1.54) is 11.3 Å². The summed E-state index contributed by atoms with van der Waals surface area (Å²) in [6.45, 7) is 1.93. The number of carbonyl (C=O) groups is 3. The lowest BCUT2D eigenvalue weighted by molar-refractivity contribution is -0.124. The molecule has 0 radical (unpaired) electrons. The van der Waals surface area contributed by atoms with Crippen molar-refractivity contribution in [2.75, 3.05) is 5.32 Å². The number of rotatable bonds is 4. The maximum Gasteiger partial charge on any atom is 0.322 e. The monoisotopic (exact) mass is 330 g/mol. The summed E-state index contributed by atoms with van der Waals surface area (Å²) in [5, 5.41) is 7.62. The molecule has 4 amide bonds. The van der Waals surface area contributed by atoms with Crippen LogP contribution in [0.3, 0.4) is 0 Å². The highest BCUT2D eigenvalue weighted by Gasteiger charge is 2.31. The first-order chi connectivity index (χ1) is 11.0. The maximum absolute atomic E-state index is 12.0. The molecular formula is C15H14N4O3S. The third-order valence-corrected chi connectivity index (χ3v) is 4.22. The Balaban J connectivity index is 1.68. The van der Waals surface area contributed by atoms with Crippen LogP contribution < -0.4 is 16.0 Å². The molecule has 3 N–H and O–H groups in total. The van der Waals surface area contributed by atoms with Crippen molar-refractivity contribution in [1.29, 1.82) is 0 Å². The summed E-state index contributed by atoms with van der Waals surface area (Å²) in [6.07, 6.45) is -0.128. The summed E-state index contributed by atoms with van der Waals surface area (Å²) in [7, 11) is 0. The number of nitrogens with zero attached hydrogens (tertiary/aromatic N) is 1. The molecule has 118 valence electrons. The van der Waals surface area contributed by atoms with E-state index in [0.717, 1.165) is 16.1 Å². The molecule has 1 unspecified atom stereocenters. The largest absolute Gasteiger partial charge is 0.325 e. The Bertz CT molecular complexity index is 772. The number of aryl methyl sites for hydroxylation is 1. The minimum Gasteiger partial charge on any atom is -0.325 e. The van der Waals surface area contributed by atoms with E-state index in [2.05, 4.69) is 20.9 Å². The Hall–Kier alpha value is -2.74. The fourth-order valence-electron chi connectivity index (χ4n) is 2.27. The topological polar surface area (TPSA) is 100 Å². The van der Waals surface area contributed by atoms with Crippen LogP contribution in [0.15, 0.2) is 30.3 Å². The molecule has 8 heteroatoms. The Morgan fingerprint density at radius 1 is 1.30 bits per heavy atom. The molecule has 1 saturated heterocycles. The predicted molar refractivity (Wildman–Crippen MR) is 86.0 cm³/mol. The molecule has 1 aliphatic rings. The standard InChI is InChI=1S/C15H14N4O3S/c1-8-12(9-5-3-2-4-6-9)18-15(23-8)17-11(20)7-10-13(21)19-14(22)16-10/h2-6,10H,7H2,1H3,(H,17,18,20)(H2,16,19,21,22). The molecule has 1 fully saturated rings. The molecule has 1 aliphatic heterocycles. The number of urea groups is 1. The average molecular weight is 330 g/mol. The maximum atomic E-state index is 12.0. The van der Waals surface area contributed by atoms with Gasteiger partial charge in [-0.25, -0.2) is 9.78 Å². The second-order valence-electron chi connectivity index (χ2n) is 5.06. The highest BCUT2D eigenvalue weighted by molar-refractivity contribution is 7.16. The molecule has 0 saturated carbocycles. The van der Waals surface area contributed by atoms with Crippen LogP contribution in [-0.4, -0.2) is 28.9 Å². The molecular weight excluding hydrogens is 316 g/mol. The Labute approximate surface area is 136 Å². The number of hydrogen-bond donors (Lipinski definition) is 3. The van der Waals surface area contributed by atoms with Gasteiger partial charge in [0.2, 0.25) is 5.91 Å². The van der Waals surface area contributed by atoms with E-state index >= 15 is 0 Å².